The van der Waals surface area contributed by atoms with Gasteiger partial charge in [0.1, 0.15) is 5.69 Å². The quantitative estimate of drug-likeness (QED) is 0.899. The SMILES string of the molecule is CC1CCC(NC(=O)c2cc(Br)cn2C2CC2)CC1. The fraction of sp³-hybridized carbons (Fsp3) is 0.667. The van der Waals surface area contributed by atoms with Crippen LogP contribution in [0.5, 0.6) is 0 Å². The van der Waals surface area contributed by atoms with E-state index in [1.54, 1.807) is 0 Å². The van der Waals surface area contributed by atoms with Crippen LogP contribution in [0.25, 0.3) is 0 Å². The normalized spacial score (nSPS) is 27.3. The summed E-state index contributed by atoms with van der Waals surface area (Å²) in [6.45, 7) is 2.30. The molecule has 3 rings (SSSR count). The molecule has 0 aromatic carbocycles. The Kier molecular flexibility index (Phi) is 3.70. The van der Waals surface area contributed by atoms with Crippen LogP contribution in [0.4, 0.5) is 0 Å². The standard InChI is InChI=1S/C15H21BrN2O/c1-10-2-4-12(5-3-10)17-15(19)14-8-11(16)9-18(14)13-6-7-13/h8-10,12-13H,2-7H2,1H3,(H,17,19). The van der Waals surface area contributed by atoms with Crippen LogP contribution in [0, 0.1) is 5.92 Å². The smallest absolute Gasteiger partial charge is 0.268 e. The fourth-order valence-electron chi connectivity index (χ4n) is 2.95. The Morgan fingerprint density at radius 2 is 1.95 bits per heavy atom. The zero-order valence-corrected chi connectivity index (χ0v) is 12.9. The summed E-state index contributed by atoms with van der Waals surface area (Å²) in [6, 6.07) is 2.85. The molecule has 1 aromatic rings. The molecule has 0 unspecified atom stereocenters. The summed E-state index contributed by atoms with van der Waals surface area (Å²) in [5.74, 6) is 0.912. The lowest BCUT2D eigenvalue weighted by atomic mass is 9.87. The summed E-state index contributed by atoms with van der Waals surface area (Å²) in [5.41, 5.74) is 0.813. The van der Waals surface area contributed by atoms with Gasteiger partial charge in [-0.25, -0.2) is 0 Å². The van der Waals surface area contributed by atoms with E-state index in [9.17, 15) is 4.79 Å². The van der Waals surface area contributed by atoms with Gasteiger partial charge >= 0.3 is 0 Å². The highest BCUT2D eigenvalue weighted by molar-refractivity contribution is 9.10. The Balaban J connectivity index is 1.66. The molecule has 0 radical (unpaired) electrons. The lowest BCUT2D eigenvalue weighted by molar-refractivity contribution is 0.0913. The van der Waals surface area contributed by atoms with Gasteiger partial charge in [-0.3, -0.25) is 4.79 Å². The summed E-state index contributed by atoms with van der Waals surface area (Å²) in [6.07, 6.45) is 9.15. The molecule has 2 fully saturated rings. The van der Waals surface area contributed by atoms with Crippen molar-refractivity contribution in [2.75, 3.05) is 0 Å². The summed E-state index contributed by atoms with van der Waals surface area (Å²) in [4.78, 5) is 12.4. The highest BCUT2D eigenvalue weighted by Gasteiger charge is 2.29. The molecule has 1 aromatic heterocycles. The zero-order valence-electron chi connectivity index (χ0n) is 11.4. The topological polar surface area (TPSA) is 34.0 Å². The molecule has 2 aliphatic carbocycles. The van der Waals surface area contributed by atoms with Gasteiger partial charge in [0.15, 0.2) is 0 Å². The maximum Gasteiger partial charge on any atom is 0.268 e. The Morgan fingerprint density at radius 1 is 1.26 bits per heavy atom. The van der Waals surface area contributed by atoms with Gasteiger partial charge in [0.2, 0.25) is 0 Å². The number of nitrogens with zero attached hydrogens (tertiary/aromatic N) is 1. The van der Waals surface area contributed by atoms with Crippen LogP contribution in [0.3, 0.4) is 0 Å². The van der Waals surface area contributed by atoms with Crippen LogP contribution in [-0.2, 0) is 0 Å². The Labute approximate surface area is 122 Å². The van der Waals surface area contributed by atoms with Crippen molar-refractivity contribution >= 4 is 21.8 Å². The predicted molar refractivity (Wildman–Crippen MR) is 79.3 cm³/mol. The molecule has 2 aliphatic rings. The summed E-state index contributed by atoms with van der Waals surface area (Å²) in [5, 5.41) is 3.21. The van der Waals surface area contributed by atoms with Gasteiger partial charge in [-0.15, -0.1) is 0 Å². The molecular formula is C15H21BrN2O. The Morgan fingerprint density at radius 3 is 2.58 bits per heavy atom. The van der Waals surface area contributed by atoms with Crippen molar-refractivity contribution in [3.8, 4) is 0 Å². The van der Waals surface area contributed by atoms with Gasteiger partial charge in [0, 0.05) is 22.8 Å². The molecule has 0 atom stereocenters. The van der Waals surface area contributed by atoms with E-state index in [-0.39, 0.29) is 5.91 Å². The van der Waals surface area contributed by atoms with E-state index < -0.39 is 0 Å². The lowest BCUT2D eigenvalue weighted by Crippen LogP contribution is -2.38. The third-order valence-electron chi connectivity index (χ3n) is 4.34. The summed E-state index contributed by atoms with van der Waals surface area (Å²) in [7, 11) is 0. The number of nitrogens with one attached hydrogen (secondary N) is 1. The van der Waals surface area contributed by atoms with E-state index in [1.165, 1.54) is 25.7 Å². The first-order valence-electron chi connectivity index (χ1n) is 7.31. The van der Waals surface area contributed by atoms with Crippen molar-refractivity contribution in [2.45, 2.75) is 57.5 Å². The van der Waals surface area contributed by atoms with Crippen LogP contribution in [0.15, 0.2) is 16.7 Å². The third kappa shape index (κ3) is 3.04. The number of halogens is 1. The lowest BCUT2D eigenvalue weighted by Gasteiger charge is -2.27. The first kappa shape index (κ1) is 13.2. The van der Waals surface area contributed by atoms with Gasteiger partial charge in [-0.1, -0.05) is 6.92 Å². The van der Waals surface area contributed by atoms with E-state index in [0.717, 1.165) is 28.9 Å². The second-order valence-corrected chi connectivity index (χ2v) is 7.03. The minimum atomic E-state index is 0.0946. The maximum atomic E-state index is 12.4. The van der Waals surface area contributed by atoms with Crippen molar-refractivity contribution in [1.29, 1.82) is 0 Å². The largest absolute Gasteiger partial charge is 0.348 e. The Hall–Kier alpha value is -0.770. The Bertz CT molecular complexity index is 470. The van der Waals surface area contributed by atoms with E-state index >= 15 is 0 Å². The highest BCUT2D eigenvalue weighted by Crippen LogP contribution is 2.37. The zero-order chi connectivity index (χ0) is 13.4. The first-order chi connectivity index (χ1) is 9.13. The molecule has 104 valence electrons. The molecule has 1 N–H and O–H groups in total. The van der Waals surface area contributed by atoms with Crippen LogP contribution in [0.1, 0.15) is 62.0 Å². The summed E-state index contributed by atoms with van der Waals surface area (Å²) < 4.78 is 3.13. The number of hydrogen-bond donors (Lipinski definition) is 1. The molecule has 4 heteroatoms. The van der Waals surface area contributed by atoms with Crippen LogP contribution >= 0.6 is 15.9 Å². The maximum absolute atomic E-state index is 12.4. The number of amides is 1. The van der Waals surface area contributed by atoms with E-state index in [0.29, 0.717) is 12.1 Å². The average Bonchev–Trinajstić information content (AvgIpc) is 3.15. The van der Waals surface area contributed by atoms with Gasteiger partial charge < -0.3 is 9.88 Å². The molecule has 0 spiro atoms. The van der Waals surface area contributed by atoms with E-state index in [1.807, 2.05) is 12.3 Å². The predicted octanol–water partition coefficient (Wildman–Crippen LogP) is 3.89. The molecule has 2 saturated carbocycles. The van der Waals surface area contributed by atoms with E-state index in [4.69, 9.17) is 0 Å². The molecule has 3 nitrogen and oxygen atoms in total. The number of carbonyl (C=O) groups excluding carboxylic acids is 1. The molecule has 19 heavy (non-hydrogen) atoms. The second-order valence-electron chi connectivity index (χ2n) is 6.11. The molecule has 0 bridgehead atoms. The molecule has 1 amide bonds. The fourth-order valence-corrected chi connectivity index (χ4v) is 3.38. The van der Waals surface area contributed by atoms with Crippen LogP contribution in [-0.4, -0.2) is 16.5 Å². The van der Waals surface area contributed by atoms with Gasteiger partial charge in [0.05, 0.1) is 0 Å². The average molecular weight is 325 g/mol. The monoisotopic (exact) mass is 324 g/mol. The van der Waals surface area contributed by atoms with Crippen LogP contribution in [0.2, 0.25) is 0 Å². The van der Waals surface area contributed by atoms with Crippen molar-refractivity contribution in [1.82, 2.24) is 9.88 Å². The molecule has 1 heterocycles. The van der Waals surface area contributed by atoms with Gasteiger partial charge in [-0.05, 0) is 66.4 Å². The van der Waals surface area contributed by atoms with E-state index in [2.05, 4.69) is 32.7 Å². The minimum absolute atomic E-state index is 0.0946. The molecule has 0 saturated heterocycles. The summed E-state index contributed by atoms with van der Waals surface area (Å²) >= 11 is 3.48. The van der Waals surface area contributed by atoms with Gasteiger partial charge in [-0.2, -0.15) is 0 Å². The number of aromatic nitrogens is 1. The van der Waals surface area contributed by atoms with Crippen molar-refractivity contribution < 1.29 is 4.79 Å². The number of carbonyl (C=O) groups is 1. The van der Waals surface area contributed by atoms with Crippen molar-refractivity contribution in [3.05, 3.63) is 22.4 Å². The first-order valence-corrected chi connectivity index (χ1v) is 8.11. The van der Waals surface area contributed by atoms with Crippen molar-refractivity contribution in [3.63, 3.8) is 0 Å². The molecular weight excluding hydrogens is 304 g/mol. The van der Waals surface area contributed by atoms with Crippen molar-refractivity contribution in [2.24, 2.45) is 5.92 Å². The second kappa shape index (κ2) is 5.31. The number of rotatable bonds is 3. The molecule has 0 aliphatic heterocycles. The van der Waals surface area contributed by atoms with Gasteiger partial charge in [0.25, 0.3) is 5.91 Å². The highest BCUT2D eigenvalue weighted by atomic mass is 79.9. The minimum Gasteiger partial charge on any atom is -0.348 e. The third-order valence-corrected chi connectivity index (χ3v) is 4.77. The van der Waals surface area contributed by atoms with Crippen LogP contribution < -0.4 is 5.32 Å². The number of hydrogen-bond acceptors (Lipinski definition) is 1.